The fourth-order valence-corrected chi connectivity index (χ4v) is 1.28. The minimum atomic E-state index is -3.91. The first-order valence-electron chi connectivity index (χ1n) is 2.79. The van der Waals surface area contributed by atoms with E-state index < -0.39 is 20.7 Å². The summed E-state index contributed by atoms with van der Waals surface area (Å²) in [4.78, 5) is -0.472. The molecular formula is C6H7FLiNO2S. The van der Waals surface area contributed by atoms with E-state index in [2.05, 4.69) is 5.14 Å². The molecule has 0 bridgehead atoms. The van der Waals surface area contributed by atoms with Crippen molar-refractivity contribution in [3.63, 3.8) is 0 Å². The van der Waals surface area contributed by atoms with Gasteiger partial charge in [-0.2, -0.15) is 0 Å². The molecule has 1 aromatic rings. The van der Waals surface area contributed by atoms with Crippen molar-refractivity contribution in [1.82, 2.24) is 0 Å². The number of halogens is 1. The Labute approximate surface area is 83.5 Å². The number of primary sulfonamides is 1. The number of benzene rings is 1. The molecule has 1 rings (SSSR count). The van der Waals surface area contributed by atoms with E-state index in [1.54, 1.807) is 0 Å². The minimum absolute atomic E-state index is 0. The van der Waals surface area contributed by atoms with Gasteiger partial charge in [-0.3, -0.25) is 0 Å². The zero-order chi connectivity index (χ0) is 8.48. The summed E-state index contributed by atoms with van der Waals surface area (Å²) in [6.45, 7) is 0. The third-order valence-electron chi connectivity index (χ3n) is 1.14. The topological polar surface area (TPSA) is 60.2 Å². The van der Waals surface area contributed by atoms with Gasteiger partial charge >= 0.3 is 18.9 Å². The van der Waals surface area contributed by atoms with Crippen LogP contribution >= 0.6 is 0 Å². The minimum Gasteiger partial charge on any atom is -1.00 e. The average Bonchev–Trinajstić information content (AvgIpc) is 1.86. The Morgan fingerprint density at radius 1 is 1.33 bits per heavy atom. The Bertz CT molecular complexity index is 371. The predicted octanol–water partition coefficient (Wildman–Crippen LogP) is -2.41. The van der Waals surface area contributed by atoms with Crippen molar-refractivity contribution in [3.05, 3.63) is 30.1 Å². The van der Waals surface area contributed by atoms with E-state index in [4.69, 9.17) is 0 Å². The van der Waals surface area contributed by atoms with Gasteiger partial charge in [-0.05, 0) is 12.1 Å². The molecule has 0 spiro atoms. The zero-order valence-corrected chi connectivity index (χ0v) is 7.31. The van der Waals surface area contributed by atoms with E-state index in [9.17, 15) is 12.8 Å². The van der Waals surface area contributed by atoms with Crippen LogP contribution in [0.2, 0.25) is 0 Å². The van der Waals surface area contributed by atoms with Crippen LogP contribution in [0.15, 0.2) is 29.2 Å². The Balaban J connectivity index is 0. The quantitative estimate of drug-likeness (QED) is 0.493. The molecule has 0 heterocycles. The van der Waals surface area contributed by atoms with Gasteiger partial charge in [0.2, 0.25) is 10.0 Å². The van der Waals surface area contributed by atoms with Crippen molar-refractivity contribution in [2.45, 2.75) is 4.90 Å². The first kappa shape index (κ1) is 11.7. The Morgan fingerprint density at radius 2 is 1.83 bits per heavy atom. The van der Waals surface area contributed by atoms with Gasteiger partial charge in [0, 0.05) is 0 Å². The molecule has 62 valence electrons. The Hall–Kier alpha value is -0.343. The van der Waals surface area contributed by atoms with E-state index >= 15 is 0 Å². The van der Waals surface area contributed by atoms with E-state index in [-0.39, 0.29) is 20.3 Å². The maximum atomic E-state index is 12.6. The van der Waals surface area contributed by atoms with Crippen molar-refractivity contribution in [3.8, 4) is 0 Å². The van der Waals surface area contributed by atoms with Crippen molar-refractivity contribution in [2.24, 2.45) is 5.14 Å². The molecule has 0 unspecified atom stereocenters. The van der Waals surface area contributed by atoms with Gasteiger partial charge in [0.15, 0.2) is 0 Å². The van der Waals surface area contributed by atoms with Crippen LogP contribution in [-0.2, 0) is 10.0 Å². The molecule has 0 amide bonds. The van der Waals surface area contributed by atoms with E-state index in [1.165, 1.54) is 12.1 Å². The van der Waals surface area contributed by atoms with Crippen LogP contribution in [0.4, 0.5) is 4.39 Å². The van der Waals surface area contributed by atoms with Gasteiger partial charge in [0.05, 0.1) is 0 Å². The molecule has 0 aromatic heterocycles. The maximum Gasteiger partial charge on any atom is 1.00 e. The summed E-state index contributed by atoms with van der Waals surface area (Å²) in [6, 6.07) is 4.96. The van der Waals surface area contributed by atoms with E-state index in [0.29, 0.717) is 0 Å². The van der Waals surface area contributed by atoms with Crippen molar-refractivity contribution >= 4 is 10.0 Å². The van der Waals surface area contributed by atoms with Gasteiger partial charge in [0.1, 0.15) is 10.7 Å². The fraction of sp³-hybridized carbons (Fsp3) is 0. The van der Waals surface area contributed by atoms with Crippen molar-refractivity contribution in [1.29, 1.82) is 0 Å². The second-order valence-electron chi connectivity index (χ2n) is 1.98. The van der Waals surface area contributed by atoms with Crippen molar-refractivity contribution < 1.29 is 33.1 Å². The fourth-order valence-electron chi connectivity index (χ4n) is 0.675. The molecule has 0 radical (unpaired) electrons. The molecule has 12 heavy (non-hydrogen) atoms. The van der Waals surface area contributed by atoms with Crippen LogP contribution in [0, 0.1) is 5.82 Å². The molecule has 0 aliphatic heterocycles. The molecule has 0 atom stereocenters. The molecule has 0 fully saturated rings. The first-order chi connectivity index (χ1) is 5.02. The average molecular weight is 183 g/mol. The van der Waals surface area contributed by atoms with Crippen LogP contribution in [0.1, 0.15) is 1.43 Å². The predicted molar refractivity (Wildman–Crippen MR) is 38.9 cm³/mol. The summed E-state index contributed by atoms with van der Waals surface area (Å²) in [5.41, 5.74) is 0. The summed E-state index contributed by atoms with van der Waals surface area (Å²) >= 11 is 0. The summed E-state index contributed by atoms with van der Waals surface area (Å²) < 4.78 is 33.8. The van der Waals surface area contributed by atoms with Crippen molar-refractivity contribution in [2.75, 3.05) is 0 Å². The van der Waals surface area contributed by atoms with Gasteiger partial charge in [-0.15, -0.1) is 0 Å². The normalized spacial score (nSPS) is 10.5. The van der Waals surface area contributed by atoms with Crippen LogP contribution in [0.5, 0.6) is 0 Å². The molecule has 6 heteroatoms. The molecule has 0 saturated carbocycles. The largest absolute Gasteiger partial charge is 1.00 e. The summed E-state index contributed by atoms with van der Waals surface area (Å²) in [5.74, 6) is -0.824. The monoisotopic (exact) mass is 183 g/mol. The summed E-state index contributed by atoms with van der Waals surface area (Å²) in [7, 11) is -3.91. The Kier molecular flexibility index (Phi) is 3.94. The third-order valence-corrected chi connectivity index (χ3v) is 2.09. The number of rotatable bonds is 1. The molecule has 0 saturated heterocycles. The molecule has 2 N–H and O–H groups in total. The van der Waals surface area contributed by atoms with Gasteiger partial charge in [0.25, 0.3) is 0 Å². The molecule has 0 aliphatic rings. The molecule has 3 nitrogen and oxygen atoms in total. The standard InChI is InChI=1S/C6H6FNO2S.Li.H/c7-5-3-1-2-4-6(5)11(8,9)10;;/h1-4H,(H2,8,9,10);;/q;+1;-1. The summed E-state index contributed by atoms with van der Waals surface area (Å²) in [5, 5.41) is 4.69. The first-order valence-corrected chi connectivity index (χ1v) is 4.34. The molecular weight excluding hydrogens is 176 g/mol. The molecule has 1 aromatic carbocycles. The van der Waals surface area contributed by atoms with Gasteiger partial charge in [-0.25, -0.2) is 17.9 Å². The van der Waals surface area contributed by atoms with Crippen LogP contribution in [0.3, 0.4) is 0 Å². The van der Waals surface area contributed by atoms with Crippen LogP contribution < -0.4 is 24.0 Å². The van der Waals surface area contributed by atoms with Crippen LogP contribution in [-0.4, -0.2) is 8.42 Å². The Morgan fingerprint density at radius 3 is 2.17 bits per heavy atom. The number of nitrogens with two attached hydrogens (primary N) is 1. The zero-order valence-electron chi connectivity index (χ0n) is 7.49. The SMILES string of the molecule is NS(=O)(=O)c1ccccc1F.[H-].[Li+]. The van der Waals surface area contributed by atoms with Crippen LogP contribution in [0.25, 0.3) is 0 Å². The second kappa shape index (κ2) is 4.05. The molecule has 0 aliphatic carbocycles. The number of hydrogen-bond donors (Lipinski definition) is 1. The second-order valence-corrected chi connectivity index (χ2v) is 3.51. The van der Waals surface area contributed by atoms with E-state index in [1.807, 2.05) is 0 Å². The van der Waals surface area contributed by atoms with Gasteiger partial charge < -0.3 is 1.43 Å². The van der Waals surface area contributed by atoms with E-state index in [0.717, 1.165) is 12.1 Å². The number of sulfonamides is 1. The summed E-state index contributed by atoms with van der Waals surface area (Å²) in [6.07, 6.45) is 0. The number of hydrogen-bond acceptors (Lipinski definition) is 2. The maximum absolute atomic E-state index is 12.6. The third kappa shape index (κ3) is 2.61. The van der Waals surface area contributed by atoms with Gasteiger partial charge in [-0.1, -0.05) is 12.1 Å². The smallest absolute Gasteiger partial charge is 1.00 e.